The Labute approximate surface area is 135 Å². The van der Waals surface area contributed by atoms with Gasteiger partial charge in [0.25, 0.3) is 0 Å². The molecule has 0 atom stereocenters. The lowest BCUT2D eigenvalue weighted by atomic mass is 9.84. The molecule has 2 heterocycles. The van der Waals surface area contributed by atoms with Gasteiger partial charge >= 0.3 is 0 Å². The second-order valence-corrected chi connectivity index (χ2v) is 6.36. The molecule has 0 radical (unpaired) electrons. The predicted molar refractivity (Wildman–Crippen MR) is 84.9 cm³/mol. The number of amides is 2. The number of hydrogen-bond acceptors (Lipinski definition) is 2. The van der Waals surface area contributed by atoms with Gasteiger partial charge < -0.3 is 9.80 Å². The number of carbonyl (C=O) groups excluding carboxylic acids is 2. The number of nitrogens with zero attached hydrogens (tertiary/aromatic N) is 2. The summed E-state index contributed by atoms with van der Waals surface area (Å²) in [5.41, 5.74) is 0.616. The van der Waals surface area contributed by atoms with E-state index in [1.54, 1.807) is 11.0 Å². The summed E-state index contributed by atoms with van der Waals surface area (Å²) in [4.78, 5) is 27.8. The number of benzene rings is 1. The molecule has 1 aromatic rings. The highest BCUT2D eigenvalue weighted by atomic mass is 19.1. The van der Waals surface area contributed by atoms with Crippen LogP contribution in [0.4, 0.5) is 4.39 Å². The van der Waals surface area contributed by atoms with Crippen molar-refractivity contribution in [1.82, 2.24) is 9.80 Å². The zero-order valence-corrected chi connectivity index (χ0v) is 13.1. The van der Waals surface area contributed by atoms with Crippen molar-refractivity contribution in [3.8, 4) is 0 Å². The van der Waals surface area contributed by atoms with Crippen molar-refractivity contribution in [2.45, 2.75) is 37.8 Å². The number of piperidine rings is 1. The Morgan fingerprint density at radius 1 is 1.30 bits per heavy atom. The van der Waals surface area contributed by atoms with E-state index in [0.717, 1.165) is 24.8 Å². The Morgan fingerprint density at radius 3 is 2.70 bits per heavy atom. The molecule has 23 heavy (non-hydrogen) atoms. The van der Waals surface area contributed by atoms with Gasteiger partial charge in [0.2, 0.25) is 11.8 Å². The third-order valence-electron chi connectivity index (χ3n) is 5.09. The number of hydrogen-bond donors (Lipinski definition) is 0. The minimum Gasteiger partial charge on any atom is -0.339 e. The van der Waals surface area contributed by atoms with Crippen molar-refractivity contribution in [2.75, 3.05) is 13.1 Å². The maximum atomic E-state index is 13.4. The van der Waals surface area contributed by atoms with E-state index in [0.29, 0.717) is 26.1 Å². The lowest BCUT2D eigenvalue weighted by molar-refractivity contribution is -0.135. The Balaban J connectivity index is 1.75. The summed E-state index contributed by atoms with van der Waals surface area (Å²) in [7, 11) is 0. The predicted octanol–water partition coefficient (Wildman–Crippen LogP) is 2.50. The standard InChI is InChI=1S/C18H21FN2O2/c1-2-16(22)20-10-8-18(9-11-20)7-6-17(23)21(18)13-14-4-3-5-15(19)12-14/h2-5,12H,1,6-11,13H2. The van der Waals surface area contributed by atoms with Crippen LogP contribution in [0.5, 0.6) is 0 Å². The average molecular weight is 316 g/mol. The Kier molecular flexibility index (Phi) is 4.20. The summed E-state index contributed by atoms with van der Waals surface area (Å²) in [6.45, 7) is 5.23. The molecule has 4 nitrogen and oxygen atoms in total. The van der Waals surface area contributed by atoms with Crippen molar-refractivity contribution in [3.63, 3.8) is 0 Å². The fourth-order valence-corrected chi connectivity index (χ4v) is 3.74. The Morgan fingerprint density at radius 2 is 2.04 bits per heavy atom. The van der Waals surface area contributed by atoms with E-state index in [9.17, 15) is 14.0 Å². The second-order valence-electron chi connectivity index (χ2n) is 6.36. The fourth-order valence-electron chi connectivity index (χ4n) is 3.74. The minimum atomic E-state index is -0.283. The molecule has 0 bridgehead atoms. The number of halogens is 1. The van der Waals surface area contributed by atoms with Gasteiger partial charge in [0.15, 0.2) is 0 Å². The Bertz CT molecular complexity index is 636. The number of rotatable bonds is 3. The number of likely N-dealkylation sites (tertiary alicyclic amines) is 2. The molecule has 2 fully saturated rings. The third-order valence-corrected chi connectivity index (χ3v) is 5.09. The highest BCUT2D eigenvalue weighted by Gasteiger charge is 2.47. The molecule has 122 valence electrons. The lowest BCUT2D eigenvalue weighted by Gasteiger charge is -2.45. The van der Waals surface area contributed by atoms with E-state index in [4.69, 9.17) is 0 Å². The van der Waals surface area contributed by atoms with Gasteiger partial charge in [-0.15, -0.1) is 0 Å². The molecule has 0 aliphatic carbocycles. The molecule has 0 unspecified atom stereocenters. The van der Waals surface area contributed by atoms with Crippen molar-refractivity contribution >= 4 is 11.8 Å². The van der Waals surface area contributed by atoms with Gasteiger partial charge in [-0.25, -0.2) is 4.39 Å². The minimum absolute atomic E-state index is 0.0548. The first-order chi connectivity index (χ1) is 11.0. The van der Waals surface area contributed by atoms with Crippen LogP contribution < -0.4 is 0 Å². The maximum absolute atomic E-state index is 13.4. The van der Waals surface area contributed by atoms with Crippen LogP contribution in [0.25, 0.3) is 0 Å². The molecule has 5 heteroatoms. The van der Waals surface area contributed by atoms with E-state index in [1.165, 1.54) is 18.2 Å². The largest absolute Gasteiger partial charge is 0.339 e. The molecular formula is C18H21FN2O2. The fraction of sp³-hybridized carbons (Fsp3) is 0.444. The lowest BCUT2D eigenvalue weighted by Crippen LogP contribution is -2.53. The summed E-state index contributed by atoms with van der Waals surface area (Å²) in [6, 6.07) is 6.40. The van der Waals surface area contributed by atoms with Crippen molar-refractivity contribution < 1.29 is 14.0 Å². The summed E-state index contributed by atoms with van der Waals surface area (Å²) < 4.78 is 13.4. The van der Waals surface area contributed by atoms with Crippen molar-refractivity contribution in [3.05, 3.63) is 48.3 Å². The molecule has 1 aromatic carbocycles. The van der Waals surface area contributed by atoms with Gasteiger partial charge in [0, 0.05) is 31.6 Å². The summed E-state index contributed by atoms with van der Waals surface area (Å²) in [6.07, 6.45) is 4.23. The first-order valence-electron chi connectivity index (χ1n) is 8.00. The molecule has 2 aliphatic rings. The van der Waals surface area contributed by atoms with Gasteiger partial charge in [-0.1, -0.05) is 18.7 Å². The van der Waals surface area contributed by atoms with Crippen LogP contribution in [0, 0.1) is 5.82 Å². The molecule has 2 aliphatic heterocycles. The van der Waals surface area contributed by atoms with Gasteiger partial charge in [0.1, 0.15) is 5.82 Å². The van der Waals surface area contributed by atoms with Crippen LogP contribution in [0.2, 0.25) is 0 Å². The molecule has 0 aromatic heterocycles. The van der Waals surface area contributed by atoms with Gasteiger partial charge in [-0.3, -0.25) is 9.59 Å². The van der Waals surface area contributed by atoms with E-state index in [1.807, 2.05) is 11.0 Å². The first kappa shape index (κ1) is 15.7. The zero-order valence-electron chi connectivity index (χ0n) is 13.1. The van der Waals surface area contributed by atoms with E-state index in [-0.39, 0.29) is 23.2 Å². The quantitative estimate of drug-likeness (QED) is 0.804. The van der Waals surface area contributed by atoms with E-state index in [2.05, 4.69) is 6.58 Å². The SMILES string of the molecule is C=CC(=O)N1CCC2(CCC(=O)N2Cc2cccc(F)c2)CC1. The molecular weight excluding hydrogens is 295 g/mol. The van der Waals surface area contributed by atoms with Crippen molar-refractivity contribution in [1.29, 1.82) is 0 Å². The van der Waals surface area contributed by atoms with Crippen LogP contribution in [-0.2, 0) is 16.1 Å². The highest BCUT2D eigenvalue weighted by molar-refractivity contribution is 5.87. The maximum Gasteiger partial charge on any atom is 0.245 e. The zero-order chi connectivity index (χ0) is 16.4. The summed E-state index contributed by atoms with van der Waals surface area (Å²) in [5, 5.41) is 0. The normalized spacial score (nSPS) is 20.1. The molecule has 2 amide bonds. The third kappa shape index (κ3) is 3.00. The van der Waals surface area contributed by atoms with Gasteiger partial charge in [-0.05, 0) is 43.0 Å². The first-order valence-corrected chi connectivity index (χ1v) is 8.00. The van der Waals surface area contributed by atoms with E-state index >= 15 is 0 Å². The van der Waals surface area contributed by atoms with Gasteiger partial charge in [-0.2, -0.15) is 0 Å². The molecule has 1 spiro atoms. The van der Waals surface area contributed by atoms with Crippen LogP contribution in [0.15, 0.2) is 36.9 Å². The molecule has 3 rings (SSSR count). The van der Waals surface area contributed by atoms with Crippen LogP contribution in [0.3, 0.4) is 0 Å². The van der Waals surface area contributed by atoms with Crippen LogP contribution in [-0.4, -0.2) is 40.2 Å². The highest BCUT2D eigenvalue weighted by Crippen LogP contribution is 2.40. The van der Waals surface area contributed by atoms with Crippen LogP contribution >= 0.6 is 0 Å². The Hall–Kier alpha value is -2.17. The monoisotopic (exact) mass is 316 g/mol. The second kappa shape index (κ2) is 6.14. The van der Waals surface area contributed by atoms with E-state index < -0.39 is 0 Å². The average Bonchev–Trinajstić information content (AvgIpc) is 2.85. The van der Waals surface area contributed by atoms with Gasteiger partial charge in [0.05, 0.1) is 0 Å². The topological polar surface area (TPSA) is 40.6 Å². The van der Waals surface area contributed by atoms with Crippen molar-refractivity contribution in [2.24, 2.45) is 0 Å². The number of carbonyl (C=O) groups is 2. The smallest absolute Gasteiger partial charge is 0.245 e. The molecule has 2 saturated heterocycles. The summed E-state index contributed by atoms with van der Waals surface area (Å²) in [5.74, 6) is -0.215. The van der Waals surface area contributed by atoms with Crippen LogP contribution in [0.1, 0.15) is 31.2 Å². The molecule has 0 saturated carbocycles. The summed E-state index contributed by atoms with van der Waals surface area (Å²) >= 11 is 0. The molecule has 0 N–H and O–H groups in total.